The third-order valence-corrected chi connectivity index (χ3v) is 8.43. The van der Waals surface area contributed by atoms with Gasteiger partial charge in [-0.15, -0.1) is 0 Å². The minimum atomic E-state index is -0.527. The lowest BCUT2D eigenvalue weighted by Gasteiger charge is -2.27. The van der Waals surface area contributed by atoms with E-state index in [2.05, 4.69) is 0 Å². The van der Waals surface area contributed by atoms with Crippen molar-refractivity contribution in [2.45, 2.75) is 63.2 Å². The molecule has 0 atom stereocenters. The lowest BCUT2D eigenvalue weighted by Crippen LogP contribution is -2.42. The molecule has 2 aliphatic heterocycles. The molecule has 0 unspecified atom stereocenters. The Kier molecular flexibility index (Phi) is 9.23. The van der Waals surface area contributed by atoms with Crippen LogP contribution in [0.4, 0.5) is 4.79 Å². The summed E-state index contributed by atoms with van der Waals surface area (Å²) in [6.45, 7) is 9.67. The summed E-state index contributed by atoms with van der Waals surface area (Å²) in [6, 6.07) is 1.45. The number of methoxy groups -OCH3 is 1. The Balaban J connectivity index is 2.01. The third-order valence-electron chi connectivity index (χ3n) is 5.81. The number of nitrogens with zero attached hydrogens (tertiary/aromatic N) is 3. The Bertz CT molecular complexity index is 997. The average molecular weight is 524 g/mol. The fourth-order valence-electron chi connectivity index (χ4n) is 3.76. The highest BCUT2D eigenvalue weighted by atomic mass is 32.2. The monoisotopic (exact) mass is 523 g/mol. The lowest BCUT2D eigenvalue weighted by molar-refractivity contribution is -0.147. The summed E-state index contributed by atoms with van der Waals surface area (Å²) in [7, 11) is 1.41. The van der Waals surface area contributed by atoms with Gasteiger partial charge in [-0.2, -0.15) is 0 Å². The smallest absolute Gasteiger partial charge is 0.415 e. The second-order valence-corrected chi connectivity index (χ2v) is 10.4. The van der Waals surface area contributed by atoms with Crippen LogP contribution >= 0.6 is 23.5 Å². The Morgan fingerprint density at radius 3 is 1.97 bits per heavy atom. The maximum atomic E-state index is 13.4. The van der Waals surface area contributed by atoms with Crippen LogP contribution in [0.2, 0.25) is 0 Å². The lowest BCUT2D eigenvalue weighted by atomic mass is 10.3. The van der Waals surface area contributed by atoms with Gasteiger partial charge in [-0.25, -0.2) is 14.8 Å². The zero-order valence-corrected chi connectivity index (χ0v) is 22.5. The van der Waals surface area contributed by atoms with Crippen LogP contribution in [-0.4, -0.2) is 71.2 Å². The van der Waals surface area contributed by atoms with Crippen molar-refractivity contribution in [3.63, 3.8) is 0 Å². The quantitative estimate of drug-likeness (QED) is 0.344. The molecule has 0 aliphatic carbocycles. The highest BCUT2D eigenvalue weighted by Gasteiger charge is 2.44. The van der Waals surface area contributed by atoms with E-state index in [-0.39, 0.29) is 34.6 Å². The summed E-state index contributed by atoms with van der Waals surface area (Å²) >= 11 is 2.28. The normalized spacial score (nSPS) is 15.2. The first-order valence-corrected chi connectivity index (χ1v) is 13.6. The van der Waals surface area contributed by atoms with Gasteiger partial charge in [-0.3, -0.25) is 9.59 Å². The maximum absolute atomic E-state index is 13.4. The Hall–Kier alpha value is -2.53. The van der Waals surface area contributed by atoms with E-state index in [1.807, 2.05) is 27.7 Å². The zero-order valence-electron chi connectivity index (χ0n) is 20.9. The summed E-state index contributed by atoms with van der Waals surface area (Å²) in [5.74, 6) is -0.445. The molecule has 3 rings (SSSR count). The summed E-state index contributed by atoms with van der Waals surface area (Å²) in [5, 5.41) is 13.8. The van der Waals surface area contributed by atoms with E-state index < -0.39 is 6.09 Å². The number of carbonyl (C=O) groups excluding carboxylic acids is 3. The molecule has 0 aromatic heterocycles. The number of aromatic hydroxyl groups is 1. The fraction of sp³-hybridized carbons (Fsp3) is 0.542. The van der Waals surface area contributed by atoms with Gasteiger partial charge in [0.1, 0.15) is 5.57 Å². The SMILES string of the molecule is CCCCN1C(=O)C(=C2Sc3c(OC(=O)N(CC)CC)cc(OC)c(O)c3S2)C(=O)N1CCCC. The summed E-state index contributed by atoms with van der Waals surface area (Å²) in [5.41, 5.74) is 0.0859. The summed E-state index contributed by atoms with van der Waals surface area (Å²) in [6.07, 6.45) is 2.84. The molecule has 1 N–H and O–H groups in total. The molecule has 11 heteroatoms. The third kappa shape index (κ3) is 5.35. The van der Waals surface area contributed by atoms with Crippen LogP contribution in [0.15, 0.2) is 25.7 Å². The van der Waals surface area contributed by atoms with Gasteiger partial charge < -0.3 is 19.5 Å². The second-order valence-electron chi connectivity index (χ2n) is 8.05. The number of hydrogen-bond donors (Lipinski definition) is 1. The fourth-order valence-corrected chi connectivity index (χ4v) is 6.38. The van der Waals surface area contributed by atoms with E-state index >= 15 is 0 Å². The van der Waals surface area contributed by atoms with Crippen LogP contribution in [0.3, 0.4) is 0 Å². The number of unbranched alkanes of at least 4 members (excludes halogenated alkanes) is 2. The second kappa shape index (κ2) is 11.9. The van der Waals surface area contributed by atoms with Gasteiger partial charge >= 0.3 is 6.09 Å². The van der Waals surface area contributed by atoms with Crippen molar-refractivity contribution in [3.05, 3.63) is 15.9 Å². The molecule has 1 aromatic rings. The Morgan fingerprint density at radius 2 is 1.49 bits per heavy atom. The summed E-state index contributed by atoms with van der Waals surface area (Å²) < 4.78 is 11.4. The molecule has 2 aliphatic rings. The molecule has 0 spiro atoms. The number of phenols is 1. The molecule has 1 saturated heterocycles. The predicted molar refractivity (Wildman–Crippen MR) is 136 cm³/mol. The standard InChI is InChI=1S/C24H33N3O6S2/c1-6-10-12-26-21(29)17(22(30)27(26)13-11-7-2)23-34-19-16(33-24(31)25(8-3)9-4)14-15(32-5)18(28)20(19)35-23/h14,28H,6-13H2,1-5H3. The van der Waals surface area contributed by atoms with Gasteiger partial charge in [0.05, 0.1) is 21.1 Å². The zero-order chi connectivity index (χ0) is 25.7. The minimum absolute atomic E-state index is 0.0859. The summed E-state index contributed by atoms with van der Waals surface area (Å²) in [4.78, 5) is 41.8. The van der Waals surface area contributed by atoms with Crippen molar-refractivity contribution in [1.82, 2.24) is 14.9 Å². The van der Waals surface area contributed by atoms with Gasteiger partial charge in [-0.1, -0.05) is 50.2 Å². The van der Waals surface area contributed by atoms with Crippen LogP contribution in [0.1, 0.15) is 53.4 Å². The van der Waals surface area contributed by atoms with Crippen LogP contribution in [0, 0.1) is 0 Å². The molecular weight excluding hydrogens is 490 g/mol. The first-order valence-electron chi connectivity index (χ1n) is 12.0. The molecule has 0 saturated carbocycles. The van der Waals surface area contributed by atoms with Crippen molar-refractivity contribution in [2.24, 2.45) is 0 Å². The Morgan fingerprint density at radius 1 is 0.943 bits per heavy atom. The molecule has 9 nitrogen and oxygen atoms in total. The van der Waals surface area contributed by atoms with Crippen LogP contribution < -0.4 is 9.47 Å². The van der Waals surface area contributed by atoms with Crippen LogP contribution in [-0.2, 0) is 9.59 Å². The number of ether oxygens (including phenoxy) is 2. The minimum Gasteiger partial charge on any atom is -0.503 e. The van der Waals surface area contributed by atoms with Gasteiger partial charge in [0.15, 0.2) is 17.2 Å². The molecular formula is C24H33N3O6S2. The van der Waals surface area contributed by atoms with Crippen LogP contribution in [0.5, 0.6) is 17.2 Å². The number of benzene rings is 1. The van der Waals surface area contributed by atoms with Gasteiger partial charge in [0.2, 0.25) is 0 Å². The highest BCUT2D eigenvalue weighted by molar-refractivity contribution is 8.25. The molecule has 3 amide bonds. The van der Waals surface area contributed by atoms with Gasteiger partial charge in [0.25, 0.3) is 11.8 Å². The number of hydrogen-bond acceptors (Lipinski definition) is 8. The first-order chi connectivity index (χ1) is 16.8. The predicted octanol–water partition coefficient (Wildman–Crippen LogP) is 4.84. The first kappa shape index (κ1) is 27.1. The van der Waals surface area contributed by atoms with E-state index in [0.717, 1.165) is 49.2 Å². The maximum Gasteiger partial charge on any atom is 0.415 e. The van der Waals surface area contributed by atoms with E-state index in [1.165, 1.54) is 28.1 Å². The largest absolute Gasteiger partial charge is 0.503 e. The topological polar surface area (TPSA) is 99.6 Å². The number of phenolic OH excluding ortho intramolecular Hbond substituents is 1. The van der Waals surface area contributed by atoms with Crippen molar-refractivity contribution in [3.8, 4) is 17.2 Å². The van der Waals surface area contributed by atoms with Crippen LogP contribution in [0.25, 0.3) is 0 Å². The van der Waals surface area contributed by atoms with Crippen molar-refractivity contribution >= 4 is 41.4 Å². The Labute approximate surface area is 214 Å². The van der Waals surface area contributed by atoms with Gasteiger partial charge in [-0.05, 0) is 26.7 Å². The van der Waals surface area contributed by atoms with E-state index in [4.69, 9.17) is 9.47 Å². The molecule has 35 heavy (non-hydrogen) atoms. The number of carbonyl (C=O) groups is 3. The van der Waals surface area contributed by atoms with Crippen molar-refractivity contribution < 1.29 is 29.0 Å². The number of rotatable bonds is 10. The molecule has 0 bridgehead atoms. The highest BCUT2D eigenvalue weighted by Crippen LogP contribution is 2.61. The van der Waals surface area contributed by atoms with Crippen molar-refractivity contribution in [1.29, 1.82) is 0 Å². The van der Waals surface area contributed by atoms with Gasteiger partial charge in [0, 0.05) is 32.2 Å². The number of amides is 3. The number of thioether (sulfide) groups is 2. The molecule has 1 fully saturated rings. The number of fused-ring (bicyclic) bond motifs is 1. The molecule has 1 aromatic carbocycles. The average Bonchev–Trinajstić information content (AvgIpc) is 3.38. The molecule has 192 valence electrons. The molecule has 0 radical (unpaired) electrons. The van der Waals surface area contributed by atoms with E-state index in [0.29, 0.717) is 40.2 Å². The van der Waals surface area contributed by atoms with E-state index in [1.54, 1.807) is 0 Å². The molecule has 2 heterocycles. The van der Waals surface area contributed by atoms with Crippen molar-refractivity contribution in [2.75, 3.05) is 33.3 Å². The number of hydrazine groups is 1. The van der Waals surface area contributed by atoms with E-state index in [9.17, 15) is 19.5 Å².